The summed E-state index contributed by atoms with van der Waals surface area (Å²) in [4.78, 5) is 57.2. The number of nitrogens with zero attached hydrogens (tertiary/aromatic N) is 1. The van der Waals surface area contributed by atoms with E-state index in [1.165, 1.54) is 0 Å². The third-order valence-corrected chi connectivity index (χ3v) is 6.51. The maximum absolute atomic E-state index is 11.5. The molecule has 0 aliphatic heterocycles. The second kappa shape index (κ2) is 6.36. The van der Waals surface area contributed by atoms with E-state index in [-0.39, 0.29) is 11.4 Å². The van der Waals surface area contributed by atoms with Crippen molar-refractivity contribution in [3.8, 4) is 5.75 Å². The highest BCUT2D eigenvalue weighted by Crippen LogP contribution is 2.69. The summed E-state index contributed by atoms with van der Waals surface area (Å²) in [6.07, 6.45) is -1.81. The fourth-order valence-corrected chi connectivity index (χ4v) is 2.94. The molecule has 14 heteroatoms. The minimum Gasteiger partial charge on any atom is -0.401 e. The summed E-state index contributed by atoms with van der Waals surface area (Å²) >= 11 is 0. The van der Waals surface area contributed by atoms with Crippen LogP contribution in [0.3, 0.4) is 0 Å². The molecular weight excluding hydrogens is 360 g/mol. The Hall–Kier alpha value is -1.81. The van der Waals surface area contributed by atoms with Gasteiger partial charge in [0.15, 0.2) is 0 Å². The van der Waals surface area contributed by atoms with Gasteiger partial charge in [-0.2, -0.15) is 0 Å². The van der Waals surface area contributed by atoms with Crippen LogP contribution in [0.1, 0.15) is 6.92 Å². The highest BCUT2D eigenvalue weighted by Gasteiger charge is 2.60. The van der Waals surface area contributed by atoms with E-state index in [2.05, 4.69) is 9.47 Å². The second-order valence-corrected chi connectivity index (χ2v) is 8.46. The van der Waals surface area contributed by atoms with Crippen LogP contribution in [0.5, 0.6) is 5.75 Å². The highest BCUT2D eigenvalue weighted by atomic mass is 31.2. The van der Waals surface area contributed by atoms with Gasteiger partial charge in [0.2, 0.25) is 0 Å². The molecule has 1 aromatic carbocycles. The van der Waals surface area contributed by atoms with Crippen molar-refractivity contribution < 1.29 is 47.9 Å². The Bertz CT molecular complexity index is 681. The lowest BCUT2D eigenvalue weighted by molar-refractivity contribution is -0.384. The maximum Gasteiger partial charge on any atom is 0.515 e. The van der Waals surface area contributed by atoms with Crippen molar-refractivity contribution in [2.45, 2.75) is 12.0 Å². The van der Waals surface area contributed by atoms with Gasteiger partial charge in [0.05, 0.1) is 4.92 Å². The zero-order chi connectivity index (χ0) is 18.1. The first-order chi connectivity index (χ1) is 10.3. The summed E-state index contributed by atoms with van der Waals surface area (Å²) < 4.78 is 31.0. The Labute approximate surface area is 128 Å². The van der Waals surface area contributed by atoms with Crippen LogP contribution in [0, 0.1) is 10.1 Å². The summed E-state index contributed by atoms with van der Waals surface area (Å²) in [5.74, 6) is -0.306. The van der Waals surface area contributed by atoms with E-state index >= 15 is 0 Å². The van der Waals surface area contributed by atoms with Crippen molar-refractivity contribution in [2.24, 2.45) is 0 Å². The summed E-state index contributed by atoms with van der Waals surface area (Å²) in [7, 11) is -11.1. The van der Waals surface area contributed by atoms with Crippen molar-refractivity contribution in [1.82, 2.24) is 0 Å². The average Bonchev–Trinajstić information content (AvgIpc) is 2.36. The molecule has 1 rings (SSSR count). The van der Waals surface area contributed by atoms with E-state index in [0.29, 0.717) is 6.92 Å². The number of hydrogen-bond acceptors (Lipinski definition) is 7. The van der Waals surface area contributed by atoms with Gasteiger partial charge in [-0.15, -0.1) is 0 Å². The fourth-order valence-electron chi connectivity index (χ4n) is 1.20. The van der Waals surface area contributed by atoms with Gasteiger partial charge in [0, 0.05) is 12.1 Å². The van der Waals surface area contributed by atoms with Gasteiger partial charge in [-0.25, -0.2) is 4.79 Å². The summed E-state index contributed by atoms with van der Waals surface area (Å²) in [5, 5.41) is 7.01. The van der Waals surface area contributed by atoms with Crippen LogP contribution in [0.4, 0.5) is 10.5 Å². The number of hydrogen-bond donors (Lipinski definition) is 4. The molecule has 0 fully saturated rings. The Morgan fingerprint density at radius 2 is 1.57 bits per heavy atom. The standard InChI is InChI=1S/C9H11NO11P2/c1-9(22(14,15)16,23(17,18)19)21-8(11)20-7-4-2-6(3-5-7)10(12)13/h2-5H,1H3,(H2,14,15,16)(H2,17,18,19). The van der Waals surface area contributed by atoms with Crippen LogP contribution in [0.2, 0.25) is 0 Å². The number of carbonyl (C=O) groups excluding carboxylic acids is 1. The second-order valence-electron chi connectivity index (χ2n) is 4.23. The number of non-ortho nitro benzene ring substituents is 1. The number of carbonyl (C=O) groups is 1. The SMILES string of the molecule is CC(OC(=O)Oc1ccc([N+](=O)[O-])cc1)(P(=O)(O)O)P(=O)(O)O. The predicted octanol–water partition coefficient (Wildman–Crippen LogP) is 1.14. The van der Waals surface area contributed by atoms with Crippen molar-refractivity contribution in [1.29, 1.82) is 0 Å². The van der Waals surface area contributed by atoms with Crippen LogP contribution in [0.15, 0.2) is 24.3 Å². The number of nitro benzene ring substituents is 1. The van der Waals surface area contributed by atoms with Gasteiger partial charge < -0.3 is 29.0 Å². The van der Waals surface area contributed by atoms with Crippen molar-refractivity contribution in [2.75, 3.05) is 0 Å². The molecule has 0 amide bonds. The van der Waals surface area contributed by atoms with E-state index in [0.717, 1.165) is 24.3 Å². The van der Waals surface area contributed by atoms with Crippen LogP contribution in [0.25, 0.3) is 0 Å². The molecule has 0 bridgehead atoms. The molecule has 1 aromatic rings. The average molecular weight is 371 g/mol. The predicted molar refractivity (Wildman–Crippen MR) is 72.7 cm³/mol. The first kappa shape index (κ1) is 19.2. The summed E-state index contributed by atoms with van der Waals surface area (Å²) in [6.45, 7) is 0.353. The number of benzene rings is 1. The smallest absolute Gasteiger partial charge is 0.401 e. The molecule has 0 heterocycles. The van der Waals surface area contributed by atoms with E-state index in [4.69, 9.17) is 19.6 Å². The van der Waals surface area contributed by atoms with Crippen LogP contribution in [-0.2, 0) is 13.9 Å². The molecule has 0 radical (unpaired) electrons. The molecule has 4 N–H and O–H groups in total. The molecule has 128 valence electrons. The fraction of sp³-hybridized carbons (Fsp3) is 0.222. The van der Waals surface area contributed by atoms with Gasteiger partial charge in [0.1, 0.15) is 5.75 Å². The van der Waals surface area contributed by atoms with Crippen molar-refractivity contribution in [3.05, 3.63) is 34.4 Å². The molecule has 0 aromatic heterocycles. The Balaban J connectivity index is 2.95. The monoisotopic (exact) mass is 371 g/mol. The maximum atomic E-state index is 11.5. The lowest BCUT2D eigenvalue weighted by atomic mass is 10.3. The lowest BCUT2D eigenvalue weighted by Gasteiger charge is -2.29. The molecule has 0 aliphatic carbocycles. The molecular formula is C9H11NO11P2. The third-order valence-electron chi connectivity index (χ3n) is 2.61. The normalized spacial score (nSPS) is 12.6. The lowest BCUT2D eigenvalue weighted by Crippen LogP contribution is -2.33. The van der Waals surface area contributed by atoms with Gasteiger partial charge in [-0.1, -0.05) is 0 Å². The molecule has 0 unspecified atom stereocenters. The van der Waals surface area contributed by atoms with E-state index in [9.17, 15) is 24.0 Å². The Kier molecular flexibility index (Phi) is 5.32. The quantitative estimate of drug-likeness (QED) is 0.190. The van der Waals surface area contributed by atoms with Crippen LogP contribution in [-0.4, -0.2) is 35.7 Å². The minimum absolute atomic E-state index is 0.306. The minimum atomic E-state index is -5.56. The topological polar surface area (TPSA) is 194 Å². The zero-order valence-electron chi connectivity index (χ0n) is 11.3. The molecule has 0 saturated carbocycles. The Morgan fingerprint density at radius 3 is 1.91 bits per heavy atom. The molecule has 0 spiro atoms. The van der Waals surface area contributed by atoms with Gasteiger partial charge in [-0.3, -0.25) is 19.2 Å². The summed E-state index contributed by atoms with van der Waals surface area (Å²) in [6, 6.07) is 3.89. The molecule has 23 heavy (non-hydrogen) atoms. The van der Waals surface area contributed by atoms with E-state index in [1.54, 1.807) is 0 Å². The van der Waals surface area contributed by atoms with Gasteiger partial charge in [0.25, 0.3) is 5.69 Å². The summed E-state index contributed by atoms with van der Waals surface area (Å²) in [5.41, 5.74) is -0.319. The number of ether oxygens (including phenoxy) is 2. The first-order valence-electron chi connectivity index (χ1n) is 5.54. The van der Waals surface area contributed by atoms with Crippen LogP contribution >= 0.6 is 15.2 Å². The molecule has 0 atom stereocenters. The van der Waals surface area contributed by atoms with Gasteiger partial charge >= 0.3 is 26.4 Å². The third kappa shape index (κ3) is 4.35. The van der Waals surface area contributed by atoms with Crippen LogP contribution < -0.4 is 4.74 Å². The van der Waals surface area contributed by atoms with E-state index in [1.807, 2.05) is 0 Å². The van der Waals surface area contributed by atoms with Gasteiger partial charge in [-0.05, 0) is 19.1 Å². The van der Waals surface area contributed by atoms with E-state index < -0.39 is 31.4 Å². The Morgan fingerprint density at radius 1 is 1.13 bits per heavy atom. The highest BCUT2D eigenvalue weighted by molar-refractivity contribution is 7.72. The number of nitro groups is 1. The van der Waals surface area contributed by atoms with Crippen molar-refractivity contribution in [3.63, 3.8) is 0 Å². The molecule has 12 nitrogen and oxygen atoms in total. The largest absolute Gasteiger partial charge is 0.515 e. The molecule has 0 aliphatic rings. The van der Waals surface area contributed by atoms with Crippen molar-refractivity contribution >= 4 is 27.0 Å². The zero-order valence-corrected chi connectivity index (χ0v) is 13.1. The molecule has 0 saturated heterocycles. The number of rotatable bonds is 5. The first-order valence-corrected chi connectivity index (χ1v) is 8.77.